The van der Waals surface area contributed by atoms with Crippen molar-refractivity contribution in [1.82, 2.24) is 15.0 Å². The zero-order valence-electron chi connectivity index (χ0n) is 11.6. The first kappa shape index (κ1) is 12.1. The Hall–Kier alpha value is -1.97. The minimum absolute atomic E-state index is 0.611. The zero-order valence-corrected chi connectivity index (χ0v) is 11.6. The Kier molecular flexibility index (Phi) is 2.93. The molecule has 1 aliphatic carbocycles. The highest BCUT2D eigenvalue weighted by atomic mass is 15.0. The third-order valence-electron chi connectivity index (χ3n) is 3.42. The lowest BCUT2D eigenvalue weighted by Crippen LogP contribution is -2.02. The molecular weight excluding hydrogens is 236 g/mol. The maximum absolute atomic E-state index is 4.69. The highest BCUT2D eigenvalue weighted by molar-refractivity contribution is 5.57. The second kappa shape index (κ2) is 4.61. The molecule has 2 heterocycles. The van der Waals surface area contributed by atoms with Crippen LogP contribution < -0.4 is 5.32 Å². The highest BCUT2D eigenvalue weighted by Gasteiger charge is 2.26. The van der Waals surface area contributed by atoms with E-state index in [-0.39, 0.29) is 0 Å². The largest absolute Gasteiger partial charge is 0.373 e. The van der Waals surface area contributed by atoms with Crippen molar-refractivity contribution in [2.24, 2.45) is 0 Å². The van der Waals surface area contributed by atoms with Gasteiger partial charge in [-0.25, -0.2) is 9.97 Å². The van der Waals surface area contributed by atoms with Crippen LogP contribution in [-0.4, -0.2) is 22.0 Å². The van der Waals surface area contributed by atoms with Crippen LogP contribution in [0.15, 0.2) is 18.3 Å². The second-order valence-electron chi connectivity index (χ2n) is 5.20. The van der Waals surface area contributed by atoms with E-state index in [1.165, 1.54) is 12.8 Å². The molecule has 98 valence electrons. The summed E-state index contributed by atoms with van der Waals surface area (Å²) < 4.78 is 0. The van der Waals surface area contributed by atoms with Gasteiger partial charge in [0.05, 0.1) is 0 Å². The van der Waals surface area contributed by atoms with Crippen LogP contribution in [0.3, 0.4) is 0 Å². The van der Waals surface area contributed by atoms with E-state index in [9.17, 15) is 0 Å². The maximum Gasteiger partial charge on any atom is 0.180 e. The summed E-state index contributed by atoms with van der Waals surface area (Å²) in [5.74, 6) is 2.21. The lowest BCUT2D eigenvalue weighted by Gasteiger charge is -2.09. The van der Waals surface area contributed by atoms with Gasteiger partial charge in [-0.1, -0.05) is 6.07 Å². The summed E-state index contributed by atoms with van der Waals surface area (Å²) in [5.41, 5.74) is 4.30. The van der Waals surface area contributed by atoms with E-state index < -0.39 is 0 Å². The quantitative estimate of drug-likeness (QED) is 0.914. The monoisotopic (exact) mass is 254 g/mol. The molecule has 0 atom stereocenters. The van der Waals surface area contributed by atoms with Crippen LogP contribution in [0.2, 0.25) is 0 Å². The predicted molar refractivity (Wildman–Crippen MR) is 76.3 cm³/mol. The molecule has 1 aliphatic rings. The van der Waals surface area contributed by atoms with Gasteiger partial charge in [-0.05, 0) is 37.8 Å². The lowest BCUT2D eigenvalue weighted by atomic mass is 10.1. The molecule has 1 saturated carbocycles. The maximum atomic E-state index is 4.69. The predicted octanol–water partition coefficient (Wildman–Crippen LogP) is 3.07. The van der Waals surface area contributed by atoms with Crippen molar-refractivity contribution in [3.8, 4) is 11.5 Å². The average Bonchev–Trinajstić information content (AvgIpc) is 3.22. The lowest BCUT2D eigenvalue weighted by molar-refractivity contribution is 0.984. The third kappa shape index (κ3) is 2.43. The van der Waals surface area contributed by atoms with Gasteiger partial charge in [0.2, 0.25) is 0 Å². The molecule has 0 unspecified atom stereocenters. The molecule has 3 rings (SSSR count). The van der Waals surface area contributed by atoms with Crippen LogP contribution in [0.4, 0.5) is 5.82 Å². The molecular formula is C15H18N4. The van der Waals surface area contributed by atoms with Gasteiger partial charge >= 0.3 is 0 Å². The van der Waals surface area contributed by atoms with Crippen LogP contribution in [0.25, 0.3) is 11.5 Å². The van der Waals surface area contributed by atoms with Crippen molar-refractivity contribution in [3.05, 3.63) is 35.2 Å². The highest BCUT2D eigenvalue weighted by Crippen LogP contribution is 2.40. The molecule has 4 heteroatoms. The summed E-state index contributed by atoms with van der Waals surface area (Å²) in [5, 5.41) is 3.11. The van der Waals surface area contributed by atoms with E-state index in [4.69, 9.17) is 4.98 Å². The van der Waals surface area contributed by atoms with Gasteiger partial charge in [-0.15, -0.1) is 0 Å². The van der Waals surface area contributed by atoms with Crippen molar-refractivity contribution >= 4 is 5.82 Å². The van der Waals surface area contributed by atoms with E-state index in [1.807, 2.05) is 26.2 Å². The number of nitrogens with zero attached hydrogens (tertiary/aromatic N) is 3. The molecule has 2 aromatic rings. The summed E-state index contributed by atoms with van der Waals surface area (Å²) in [7, 11) is 1.89. The van der Waals surface area contributed by atoms with Gasteiger partial charge in [0.15, 0.2) is 5.82 Å². The average molecular weight is 254 g/mol. The molecule has 0 aromatic carbocycles. The van der Waals surface area contributed by atoms with Crippen molar-refractivity contribution in [3.63, 3.8) is 0 Å². The molecule has 4 nitrogen and oxygen atoms in total. The molecule has 2 aromatic heterocycles. The van der Waals surface area contributed by atoms with Gasteiger partial charge in [0, 0.05) is 30.9 Å². The summed E-state index contributed by atoms with van der Waals surface area (Å²) in [6.45, 7) is 4.10. The van der Waals surface area contributed by atoms with Gasteiger partial charge in [0.25, 0.3) is 0 Å². The zero-order chi connectivity index (χ0) is 13.4. The fraction of sp³-hybridized carbons (Fsp3) is 0.400. The van der Waals surface area contributed by atoms with E-state index >= 15 is 0 Å². The fourth-order valence-corrected chi connectivity index (χ4v) is 2.24. The first-order chi connectivity index (χ1) is 9.17. The van der Waals surface area contributed by atoms with Gasteiger partial charge < -0.3 is 5.32 Å². The van der Waals surface area contributed by atoms with Crippen LogP contribution in [0.1, 0.15) is 35.6 Å². The van der Waals surface area contributed by atoms with Crippen molar-refractivity contribution in [1.29, 1.82) is 0 Å². The van der Waals surface area contributed by atoms with Crippen LogP contribution in [0, 0.1) is 13.8 Å². The summed E-state index contributed by atoms with van der Waals surface area (Å²) in [6, 6.07) is 4.17. The number of hydrogen-bond donors (Lipinski definition) is 1. The Morgan fingerprint density at radius 2 is 1.95 bits per heavy atom. The molecule has 0 radical (unpaired) electrons. The van der Waals surface area contributed by atoms with Crippen LogP contribution >= 0.6 is 0 Å². The molecule has 1 N–H and O–H groups in total. The van der Waals surface area contributed by atoms with E-state index in [0.717, 1.165) is 34.2 Å². The normalized spacial score (nSPS) is 14.5. The number of pyridine rings is 1. The first-order valence-corrected chi connectivity index (χ1v) is 6.67. The Morgan fingerprint density at radius 3 is 2.58 bits per heavy atom. The molecule has 0 spiro atoms. The molecule has 0 aliphatic heterocycles. The van der Waals surface area contributed by atoms with Gasteiger partial charge in [-0.3, -0.25) is 4.98 Å². The number of hydrogen-bond acceptors (Lipinski definition) is 4. The van der Waals surface area contributed by atoms with Gasteiger partial charge in [-0.2, -0.15) is 0 Å². The van der Waals surface area contributed by atoms with E-state index in [2.05, 4.69) is 28.3 Å². The summed E-state index contributed by atoms with van der Waals surface area (Å²) in [6.07, 6.45) is 4.34. The SMILES string of the molecule is CNc1cc(C2CC2)nc(-c2ncc(C)cc2C)n1. The smallest absolute Gasteiger partial charge is 0.180 e. The van der Waals surface area contributed by atoms with Crippen molar-refractivity contribution in [2.75, 3.05) is 12.4 Å². The minimum atomic E-state index is 0.611. The first-order valence-electron chi connectivity index (χ1n) is 6.67. The third-order valence-corrected chi connectivity index (χ3v) is 3.42. The summed E-state index contributed by atoms with van der Waals surface area (Å²) in [4.78, 5) is 13.7. The Bertz CT molecular complexity index is 618. The summed E-state index contributed by atoms with van der Waals surface area (Å²) >= 11 is 0. The molecule has 1 fully saturated rings. The van der Waals surface area contributed by atoms with E-state index in [0.29, 0.717) is 5.92 Å². The number of aryl methyl sites for hydroxylation is 2. The second-order valence-corrected chi connectivity index (χ2v) is 5.20. The number of aromatic nitrogens is 3. The standard InChI is InChI=1S/C15H18N4/c1-9-6-10(2)14(17-8-9)15-18-12(11-4-5-11)7-13(16-3)19-15/h6-8,11H,4-5H2,1-3H3,(H,16,18,19). The van der Waals surface area contributed by atoms with E-state index in [1.54, 1.807) is 0 Å². The number of rotatable bonds is 3. The number of anilines is 1. The van der Waals surface area contributed by atoms with Gasteiger partial charge in [0.1, 0.15) is 11.5 Å². The van der Waals surface area contributed by atoms with Crippen molar-refractivity contribution in [2.45, 2.75) is 32.6 Å². The fourth-order valence-electron chi connectivity index (χ4n) is 2.24. The molecule has 0 bridgehead atoms. The Morgan fingerprint density at radius 1 is 1.16 bits per heavy atom. The Labute approximate surface area is 113 Å². The minimum Gasteiger partial charge on any atom is -0.373 e. The molecule has 19 heavy (non-hydrogen) atoms. The van der Waals surface area contributed by atoms with Crippen molar-refractivity contribution < 1.29 is 0 Å². The number of nitrogens with one attached hydrogen (secondary N) is 1. The van der Waals surface area contributed by atoms with Crippen LogP contribution in [0.5, 0.6) is 0 Å². The topological polar surface area (TPSA) is 50.7 Å². The van der Waals surface area contributed by atoms with Crippen LogP contribution in [-0.2, 0) is 0 Å². The Balaban J connectivity index is 2.10. The molecule has 0 amide bonds. The molecule has 0 saturated heterocycles.